The van der Waals surface area contributed by atoms with E-state index in [0.29, 0.717) is 30.8 Å². The van der Waals surface area contributed by atoms with Crippen LogP contribution in [0, 0.1) is 13.8 Å². The van der Waals surface area contributed by atoms with Gasteiger partial charge in [-0.25, -0.2) is 18.3 Å². The number of amides is 1. The number of hydrogen-bond acceptors (Lipinski definition) is 5. The summed E-state index contributed by atoms with van der Waals surface area (Å²) in [4.78, 5) is 24.7. The number of carbonyl (C=O) groups is 1. The molecule has 3 aromatic rings. The van der Waals surface area contributed by atoms with E-state index in [4.69, 9.17) is 0 Å². The van der Waals surface area contributed by atoms with Gasteiger partial charge in [0, 0.05) is 28.8 Å². The van der Waals surface area contributed by atoms with Gasteiger partial charge in [0.25, 0.3) is 18.1 Å². The first-order chi connectivity index (χ1) is 13.3. The fourth-order valence-electron chi connectivity index (χ4n) is 3.61. The molecule has 1 aliphatic heterocycles. The van der Waals surface area contributed by atoms with E-state index in [1.54, 1.807) is 16.2 Å². The maximum atomic E-state index is 13.3. The summed E-state index contributed by atoms with van der Waals surface area (Å²) >= 11 is 1.59. The lowest BCUT2D eigenvalue weighted by Crippen LogP contribution is -2.40. The molecule has 0 radical (unpaired) electrons. The summed E-state index contributed by atoms with van der Waals surface area (Å²) in [6.45, 7) is 8.93. The van der Waals surface area contributed by atoms with Crippen LogP contribution in [-0.4, -0.2) is 43.5 Å². The molecule has 1 amide bonds. The SMILES string of the molecule is C=C1CCN(C(=O)c2cc(C)sc2C)C[C@H]1c1cc(C(F)F)nc2ncnn12. The topological polar surface area (TPSA) is 63.4 Å². The number of piperidine rings is 1. The minimum atomic E-state index is -2.72. The van der Waals surface area contributed by atoms with Gasteiger partial charge in [-0.2, -0.15) is 10.1 Å². The predicted molar refractivity (Wildman–Crippen MR) is 102 cm³/mol. The zero-order valence-electron chi connectivity index (χ0n) is 15.5. The van der Waals surface area contributed by atoms with Crippen LogP contribution >= 0.6 is 11.3 Å². The van der Waals surface area contributed by atoms with E-state index >= 15 is 0 Å². The lowest BCUT2D eigenvalue weighted by Gasteiger charge is -2.34. The third-order valence-corrected chi connectivity index (χ3v) is 6.00. The highest BCUT2D eigenvalue weighted by Crippen LogP contribution is 2.33. The van der Waals surface area contributed by atoms with Crippen molar-refractivity contribution in [3.8, 4) is 0 Å². The van der Waals surface area contributed by atoms with Crippen molar-refractivity contribution in [3.63, 3.8) is 0 Å². The highest BCUT2D eigenvalue weighted by Gasteiger charge is 2.31. The van der Waals surface area contributed by atoms with E-state index in [0.717, 1.165) is 15.3 Å². The van der Waals surface area contributed by atoms with E-state index in [-0.39, 0.29) is 23.3 Å². The summed E-state index contributed by atoms with van der Waals surface area (Å²) in [5.41, 5.74) is 1.75. The Morgan fingerprint density at radius 2 is 2.14 bits per heavy atom. The number of carbonyl (C=O) groups excluding carboxylic acids is 1. The van der Waals surface area contributed by atoms with Crippen molar-refractivity contribution in [3.05, 3.63) is 57.3 Å². The van der Waals surface area contributed by atoms with E-state index in [1.807, 2.05) is 19.9 Å². The Kier molecular flexibility index (Phi) is 4.70. The first-order valence-corrected chi connectivity index (χ1v) is 9.69. The minimum absolute atomic E-state index is 0.0441. The van der Waals surface area contributed by atoms with Crippen molar-refractivity contribution >= 4 is 23.0 Å². The number of alkyl halides is 2. The molecular formula is C19H19F2N5OS. The quantitative estimate of drug-likeness (QED) is 0.622. The van der Waals surface area contributed by atoms with Crippen LogP contribution in [0.15, 0.2) is 30.6 Å². The molecular weight excluding hydrogens is 384 g/mol. The molecule has 1 fully saturated rings. The molecule has 4 heterocycles. The van der Waals surface area contributed by atoms with Crippen LogP contribution in [0.1, 0.15) is 50.3 Å². The largest absolute Gasteiger partial charge is 0.337 e. The molecule has 1 aliphatic rings. The standard InChI is InChI=1S/C19H19F2N5OS/c1-10-4-5-25(18(27)13-6-11(2)28-12(13)3)8-14(10)16-7-15(17(20)21)24-19-22-9-23-26(16)19/h6-7,9,14,17H,1,4-5,8H2,2-3H3/t14-/m1/s1. The molecule has 0 aromatic carbocycles. The average molecular weight is 403 g/mol. The Balaban J connectivity index is 1.71. The Morgan fingerprint density at radius 1 is 1.36 bits per heavy atom. The molecule has 9 heteroatoms. The van der Waals surface area contributed by atoms with Crippen LogP contribution in [0.3, 0.4) is 0 Å². The van der Waals surface area contributed by atoms with Gasteiger partial charge in [-0.15, -0.1) is 11.3 Å². The number of aromatic nitrogens is 4. The lowest BCUT2D eigenvalue weighted by molar-refractivity contribution is 0.0730. The third kappa shape index (κ3) is 3.19. The number of aryl methyl sites for hydroxylation is 2. The van der Waals surface area contributed by atoms with E-state index in [1.165, 1.54) is 16.9 Å². The fourth-order valence-corrected chi connectivity index (χ4v) is 4.52. The van der Waals surface area contributed by atoms with E-state index in [2.05, 4.69) is 21.6 Å². The smallest absolute Gasteiger partial charge is 0.280 e. The molecule has 6 nitrogen and oxygen atoms in total. The Morgan fingerprint density at radius 3 is 2.82 bits per heavy atom. The Bertz CT molecular complexity index is 1070. The zero-order chi connectivity index (χ0) is 20.0. The molecule has 1 saturated heterocycles. The summed E-state index contributed by atoms with van der Waals surface area (Å²) in [5.74, 6) is -0.242. The van der Waals surface area contributed by atoms with Gasteiger partial charge < -0.3 is 4.90 Å². The second-order valence-electron chi connectivity index (χ2n) is 6.92. The van der Waals surface area contributed by atoms with Crippen LogP contribution in [0.25, 0.3) is 5.78 Å². The zero-order valence-corrected chi connectivity index (χ0v) is 16.3. The van der Waals surface area contributed by atoms with Crippen LogP contribution in [0.2, 0.25) is 0 Å². The molecule has 0 bridgehead atoms. The second-order valence-corrected chi connectivity index (χ2v) is 8.38. The normalized spacial score (nSPS) is 17.7. The molecule has 4 rings (SSSR count). The van der Waals surface area contributed by atoms with Crippen LogP contribution < -0.4 is 0 Å². The van der Waals surface area contributed by atoms with Crippen LogP contribution in [0.4, 0.5) is 8.78 Å². The maximum Gasteiger partial charge on any atom is 0.280 e. The van der Waals surface area contributed by atoms with Crippen molar-refractivity contribution < 1.29 is 13.6 Å². The number of fused-ring (bicyclic) bond motifs is 1. The van der Waals surface area contributed by atoms with E-state index in [9.17, 15) is 13.6 Å². The molecule has 0 aliphatic carbocycles. The van der Waals surface area contributed by atoms with Crippen molar-refractivity contribution in [1.82, 2.24) is 24.5 Å². The molecule has 0 unspecified atom stereocenters. The summed E-state index contributed by atoms with van der Waals surface area (Å²) in [5, 5.41) is 4.13. The highest BCUT2D eigenvalue weighted by atomic mass is 32.1. The summed E-state index contributed by atoms with van der Waals surface area (Å²) in [7, 11) is 0. The van der Waals surface area contributed by atoms with E-state index < -0.39 is 6.43 Å². The third-order valence-electron chi connectivity index (χ3n) is 5.04. The van der Waals surface area contributed by atoms with Gasteiger partial charge in [-0.3, -0.25) is 4.79 Å². The first-order valence-electron chi connectivity index (χ1n) is 8.88. The van der Waals surface area contributed by atoms with Crippen LogP contribution in [-0.2, 0) is 0 Å². The molecule has 0 N–H and O–H groups in total. The summed E-state index contributed by atoms with van der Waals surface area (Å²) in [6, 6.07) is 3.24. The van der Waals surface area contributed by atoms with Crippen molar-refractivity contribution in [2.24, 2.45) is 0 Å². The van der Waals surface area contributed by atoms with Crippen molar-refractivity contribution in [2.75, 3.05) is 13.1 Å². The van der Waals surface area contributed by atoms with Gasteiger partial charge in [-0.1, -0.05) is 12.2 Å². The van der Waals surface area contributed by atoms with Crippen LogP contribution in [0.5, 0.6) is 0 Å². The molecule has 0 saturated carbocycles. The van der Waals surface area contributed by atoms with Gasteiger partial charge in [0.15, 0.2) is 0 Å². The number of thiophene rings is 1. The summed E-state index contributed by atoms with van der Waals surface area (Å²) < 4.78 is 28.1. The van der Waals surface area contributed by atoms with Gasteiger partial charge >= 0.3 is 0 Å². The number of likely N-dealkylation sites (tertiary alicyclic amines) is 1. The van der Waals surface area contributed by atoms with Crippen molar-refractivity contribution in [2.45, 2.75) is 32.6 Å². The number of halogens is 2. The predicted octanol–water partition coefficient (Wildman–Crippen LogP) is 3.93. The second kappa shape index (κ2) is 7.05. The monoisotopic (exact) mass is 403 g/mol. The fraction of sp³-hybridized carbons (Fsp3) is 0.368. The number of rotatable bonds is 3. The number of hydrogen-bond donors (Lipinski definition) is 0. The van der Waals surface area contributed by atoms with Crippen molar-refractivity contribution in [1.29, 1.82) is 0 Å². The average Bonchev–Trinajstić information content (AvgIpc) is 3.26. The minimum Gasteiger partial charge on any atom is -0.337 e. The van der Waals surface area contributed by atoms with Gasteiger partial charge in [-0.05, 0) is 32.4 Å². The molecule has 1 atom stereocenters. The lowest BCUT2D eigenvalue weighted by atomic mass is 9.89. The van der Waals surface area contributed by atoms with Gasteiger partial charge in [0.05, 0.1) is 11.3 Å². The Hall–Kier alpha value is -2.68. The maximum absolute atomic E-state index is 13.3. The van der Waals surface area contributed by atoms with Gasteiger partial charge in [0.2, 0.25) is 0 Å². The van der Waals surface area contributed by atoms with Gasteiger partial charge in [0.1, 0.15) is 12.0 Å². The molecule has 3 aromatic heterocycles. The highest BCUT2D eigenvalue weighted by molar-refractivity contribution is 7.12. The molecule has 28 heavy (non-hydrogen) atoms. The Labute approximate surface area is 164 Å². The molecule has 0 spiro atoms. The summed E-state index contributed by atoms with van der Waals surface area (Å²) in [6.07, 6.45) is -0.833. The first kappa shape index (κ1) is 18.7. The number of nitrogens with zero attached hydrogens (tertiary/aromatic N) is 5. The molecule has 146 valence electrons.